The lowest BCUT2D eigenvalue weighted by Gasteiger charge is -2.21. The maximum Gasteiger partial charge on any atom is 0.315 e. The number of amides is 2. The molecule has 0 spiro atoms. The largest absolute Gasteiger partial charge is 0.334 e. The van der Waals surface area contributed by atoms with Crippen molar-refractivity contribution >= 4 is 17.6 Å². The maximum atomic E-state index is 11.9. The monoisotopic (exact) mass is 332 g/mol. The lowest BCUT2D eigenvalue weighted by atomic mass is 9.89. The van der Waals surface area contributed by atoms with Crippen molar-refractivity contribution in [2.75, 3.05) is 0 Å². The van der Waals surface area contributed by atoms with Gasteiger partial charge in [-0.2, -0.15) is 0 Å². The van der Waals surface area contributed by atoms with Gasteiger partial charge in [0.2, 0.25) is 0 Å². The second-order valence-corrected chi connectivity index (χ2v) is 6.75. The van der Waals surface area contributed by atoms with E-state index in [2.05, 4.69) is 41.4 Å². The molecule has 2 N–H and O–H groups in total. The Kier molecular flexibility index (Phi) is 5.55. The highest BCUT2D eigenvalue weighted by molar-refractivity contribution is 6.30. The molecule has 0 aliphatic rings. The molecule has 0 saturated carbocycles. The van der Waals surface area contributed by atoms with Crippen LogP contribution in [0.5, 0.6) is 0 Å². The minimum absolute atomic E-state index is 0.0975. The fraction of sp³-hybridized carbons (Fsp3) is 0.353. The van der Waals surface area contributed by atoms with Crippen molar-refractivity contribution in [3.05, 3.63) is 58.6 Å². The van der Waals surface area contributed by atoms with Crippen LogP contribution >= 0.6 is 11.6 Å². The van der Waals surface area contributed by atoms with Crippen LogP contribution in [0.3, 0.4) is 0 Å². The molecule has 0 aliphatic heterocycles. The van der Waals surface area contributed by atoms with E-state index in [9.17, 15) is 4.79 Å². The van der Waals surface area contributed by atoms with Gasteiger partial charge < -0.3 is 10.6 Å². The van der Waals surface area contributed by atoms with Crippen molar-refractivity contribution in [3.63, 3.8) is 0 Å². The van der Waals surface area contributed by atoms with Gasteiger partial charge in [0.05, 0.1) is 5.69 Å². The zero-order valence-corrected chi connectivity index (χ0v) is 14.3. The van der Waals surface area contributed by atoms with Crippen molar-refractivity contribution in [3.8, 4) is 0 Å². The molecule has 0 unspecified atom stereocenters. The molecule has 0 bridgehead atoms. The first-order valence-electron chi connectivity index (χ1n) is 7.42. The van der Waals surface area contributed by atoms with Crippen LogP contribution < -0.4 is 10.6 Å². The molecule has 1 aromatic heterocycles. The molecule has 5 nitrogen and oxygen atoms in total. The predicted molar refractivity (Wildman–Crippen MR) is 91.3 cm³/mol. The molecule has 0 aliphatic carbocycles. The fourth-order valence-electron chi connectivity index (χ4n) is 2.19. The molecule has 0 radical (unpaired) electrons. The Morgan fingerprint density at radius 2 is 1.78 bits per heavy atom. The summed E-state index contributed by atoms with van der Waals surface area (Å²) in [5.74, 6) is 0. The SMILES string of the molecule is CC(C)(C)c1ncncc1CNC(=O)NCc1ccc(Cl)cc1. The van der Waals surface area contributed by atoms with Crippen molar-refractivity contribution < 1.29 is 4.79 Å². The number of carbonyl (C=O) groups is 1. The zero-order chi connectivity index (χ0) is 16.9. The first-order chi connectivity index (χ1) is 10.9. The normalized spacial score (nSPS) is 11.1. The number of benzene rings is 1. The van der Waals surface area contributed by atoms with Crippen molar-refractivity contribution in [1.82, 2.24) is 20.6 Å². The van der Waals surface area contributed by atoms with Crippen LogP contribution in [0, 0.1) is 0 Å². The van der Waals surface area contributed by atoms with E-state index in [0.717, 1.165) is 16.8 Å². The van der Waals surface area contributed by atoms with Crippen LogP contribution in [0.25, 0.3) is 0 Å². The second kappa shape index (κ2) is 7.42. The maximum absolute atomic E-state index is 11.9. The molecule has 122 valence electrons. The summed E-state index contributed by atoms with van der Waals surface area (Å²) in [6.45, 7) is 7.08. The van der Waals surface area contributed by atoms with Gasteiger partial charge in [0.1, 0.15) is 6.33 Å². The highest BCUT2D eigenvalue weighted by Crippen LogP contribution is 2.22. The summed E-state index contributed by atoms with van der Waals surface area (Å²) >= 11 is 5.83. The van der Waals surface area contributed by atoms with Gasteiger partial charge in [-0.25, -0.2) is 14.8 Å². The number of nitrogens with one attached hydrogen (secondary N) is 2. The van der Waals surface area contributed by atoms with Crippen LogP contribution in [0.4, 0.5) is 4.79 Å². The van der Waals surface area contributed by atoms with E-state index >= 15 is 0 Å². The van der Waals surface area contributed by atoms with Gasteiger partial charge in [-0.15, -0.1) is 0 Å². The summed E-state index contributed by atoms with van der Waals surface area (Å²) in [4.78, 5) is 20.3. The summed E-state index contributed by atoms with van der Waals surface area (Å²) in [5.41, 5.74) is 2.75. The Morgan fingerprint density at radius 3 is 2.43 bits per heavy atom. The van der Waals surface area contributed by atoms with Crippen molar-refractivity contribution in [2.24, 2.45) is 0 Å². The number of rotatable bonds is 4. The van der Waals surface area contributed by atoms with Gasteiger partial charge >= 0.3 is 6.03 Å². The van der Waals surface area contributed by atoms with Crippen LogP contribution in [-0.2, 0) is 18.5 Å². The average Bonchev–Trinajstić information content (AvgIpc) is 2.52. The van der Waals surface area contributed by atoms with Crippen LogP contribution in [0.2, 0.25) is 5.02 Å². The minimum atomic E-state index is -0.233. The van der Waals surface area contributed by atoms with E-state index in [4.69, 9.17) is 11.6 Å². The summed E-state index contributed by atoms with van der Waals surface area (Å²) < 4.78 is 0. The fourth-order valence-corrected chi connectivity index (χ4v) is 2.31. The molecule has 2 aromatic rings. The molecule has 0 atom stereocenters. The van der Waals surface area contributed by atoms with E-state index in [-0.39, 0.29) is 11.4 Å². The third-order valence-electron chi connectivity index (χ3n) is 3.30. The van der Waals surface area contributed by atoms with Gasteiger partial charge in [-0.3, -0.25) is 0 Å². The van der Waals surface area contributed by atoms with Crippen LogP contribution in [0.15, 0.2) is 36.8 Å². The third-order valence-corrected chi connectivity index (χ3v) is 3.56. The zero-order valence-electron chi connectivity index (χ0n) is 13.6. The molecule has 6 heteroatoms. The molecular formula is C17H21ClN4O. The number of hydrogen-bond acceptors (Lipinski definition) is 3. The Hall–Kier alpha value is -2.14. The lowest BCUT2D eigenvalue weighted by Crippen LogP contribution is -2.35. The van der Waals surface area contributed by atoms with Gasteiger partial charge in [0.15, 0.2) is 0 Å². The minimum Gasteiger partial charge on any atom is -0.334 e. The summed E-state index contributed by atoms with van der Waals surface area (Å²) in [6.07, 6.45) is 3.28. The molecule has 1 heterocycles. The Balaban J connectivity index is 1.89. The Morgan fingerprint density at radius 1 is 1.13 bits per heavy atom. The highest BCUT2D eigenvalue weighted by Gasteiger charge is 2.19. The average molecular weight is 333 g/mol. The molecule has 2 amide bonds. The van der Waals surface area contributed by atoms with E-state index in [1.165, 1.54) is 6.33 Å². The molecule has 0 fully saturated rings. The lowest BCUT2D eigenvalue weighted by molar-refractivity contribution is 0.240. The van der Waals surface area contributed by atoms with E-state index in [1.54, 1.807) is 18.3 Å². The van der Waals surface area contributed by atoms with Gasteiger partial charge in [0, 0.05) is 35.3 Å². The van der Waals surface area contributed by atoms with Crippen molar-refractivity contribution in [2.45, 2.75) is 39.3 Å². The Labute approximate surface area is 141 Å². The van der Waals surface area contributed by atoms with E-state index < -0.39 is 0 Å². The topological polar surface area (TPSA) is 66.9 Å². The van der Waals surface area contributed by atoms with Gasteiger partial charge in [-0.1, -0.05) is 44.5 Å². The van der Waals surface area contributed by atoms with E-state index in [1.807, 2.05) is 12.1 Å². The summed E-state index contributed by atoms with van der Waals surface area (Å²) in [6, 6.07) is 7.13. The number of aromatic nitrogens is 2. The summed E-state index contributed by atoms with van der Waals surface area (Å²) in [7, 11) is 0. The number of urea groups is 1. The van der Waals surface area contributed by atoms with Gasteiger partial charge in [0.25, 0.3) is 0 Å². The first kappa shape index (κ1) is 17.2. The molecule has 2 rings (SSSR count). The molecule has 23 heavy (non-hydrogen) atoms. The van der Waals surface area contributed by atoms with Crippen LogP contribution in [0.1, 0.15) is 37.6 Å². The first-order valence-corrected chi connectivity index (χ1v) is 7.79. The molecule has 1 aromatic carbocycles. The predicted octanol–water partition coefficient (Wildman–Crippen LogP) is 3.43. The molecule has 0 saturated heterocycles. The highest BCUT2D eigenvalue weighted by atomic mass is 35.5. The number of nitrogens with zero attached hydrogens (tertiary/aromatic N) is 2. The quantitative estimate of drug-likeness (QED) is 0.901. The second-order valence-electron chi connectivity index (χ2n) is 6.31. The van der Waals surface area contributed by atoms with Gasteiger partial charge in [-0.05, 0) is 17.7 Å². The third kappa shape index (κ3) is 5.21. The number of halogens is 1. The number of hydrogen-bond donors (Lipinski definition) is 2. The van der Waals surface area contributed by atoms with Crippen LogP contribution in [-0.4, -0.2) is 16.0 Å². The molecular weight excluding hydrogens is 312 g/mol. The van der Waals surface area contributed by atoms with E-state index in [0.29, 0.717) is 18.1 Å². The standard InChI is InChI=1S/C17H21ClN4O/c1-17(2,3)15-13(9-19-11-22-15)10-21-16(23)20-8-12-4-6-14(18)7-5-12/h4-7,9,11H,8,10H2,1-3H3,(H2,20,21,23). The summed E-state index contributed by atoms with van der Waals surface area (Å²) in [5, 5.41) is 6.33. The Bertz CT molecular complexity index is 665. The van der Waals surface area contributed by atoms with Crippen molar-refractivity contribution in [1.29, 1.82) is 0 Å². The number of carbonyl (C=O) groups excluding carboxylic acids is 1. The smallest absolute Gasteiger partial charge is 0.315 e.